The molecule has 434 valence electrons. The smallest absolute Gasteiger partial charge is 0.0990 e. The van der Waals surface area contributed by atoms with Gasteiger partial charge in [0.25, 0.3) is 0 Å². The van der Waals surface area contributed by atoms with E-state index in [9.17, 15) is 0 Å². The number of unbranched alkanes of at least 4 members (excludes halogenated alkanes) is 12. The first-order valence-electron chi connectivity index (χ1n) is 31.9. The van der Waals surface area contributed by atoms with Gasteiger partial charge in [0.05, 0.1) is 77.0 Å². The first-order valence-corrected chi connectivity index (χ1v) is 33.4. The van der Waals surface area contributed by atoms with E-state index < -0.39 is 7.82 Å². The molecule has 0 unspecified atom stereocenters. The minimum atomic E-state index is -5.39. The second-order valence-electron chi connectivity index (χ2n) is 23.6. The van der Waals surface area contributed by atoms with Crippen molar-refractivity contribution in [1.29, 1.82) is 0 Å². The number of phosphoric acid groups is 1. The van der Waals surface area contributed by atoms with Gasteiger partial charge in [-0.05, 0) is 77.0 Å². The summed E-state index contributed by atoms with van der Waals surface area (Å²) in [6.45, 7) is 43.8. The molecule has 0 atom stereocenters. The minimum absolute atomic E-state index is 0.547. The van der Waals surface area contributed by atoms with E-state index in [1.165, 1.54) is 284 Å². The van der Waals surface area contributed by atoms with E-state index in [2.05, 4.69) is 125 Å². The third-order valence-corrected chi connectivity index (χ3v) is 17.6. The fourth-order valence-corrected chi connectivity index (χ4v) is 12.8. The molecule has 0 spiro atoms. The average molecular weight is 1030 g/mol. The van der Waals surface area contributed by atoms with E-state index in [1.54, 1.807) is 0 Å². The van der Waals surface area contributed by atoms with Crippen molar-refractivity contribution in [1.82, 2.24) is 0 Å². The molecule has 0 amide bonds. The van der Waals surface area contributed by atoms with Crippen molar-refractivity contribution < 1.29 is 32.7 Å². The van der Waals surface area contributed by atoms with Gasteiger partial charge in [-0.3, -0.25) is 0 Å². The Morgan fingerprint density at radius 3 is 0.479 bits per heavy atom. The molecule has 0 aliphatic rings. The van der Waals surface area contributed by atoms with Crippen molar-refractivity contribution in [2.75, 3.05) is 60.4 Å². The zero-order valence-electron chi connectivity index (χ0n) is 52.6. The summed E-state index contributed by atoms with van der Waals surface area (Å²) >= 11 is 0. The fraction of sp³-hybridized carbons (Fsp3) is 1.00. The lowest BCUT2D eigenvalue weighted by atomic mass is 9.79. The topological polar surface area (TPSA) is 86.2 Å². The van der Waals surface area contributed by atoms with E-state index in [-0.39, 0.29) is 0 Å². The Kier molecular flexibility index (Phi) is 51.5. The Morgan fingerprint density at radius 1 is 0.254 bits per heavy atom. The van der Waals surface area contributed by atoms with Crippen LogP contribution in [0.15, 0.2) is 0 Å². The maximum Gasteiger partial charge on any atom is 0.0990 e. The summed E-state index contributed by atoms with van der Waals surface area (Å²) in [6.07, 6.45) is 49.9. The van der Waals surface area contributed by atoms with Crippen LogP contribution in [0.5, 0.6) is 0 Å². The van der Waals surface area contributed by atoms with Crippen molar-refractivity contribution in [3.8, 4) is 0 Å². The molecule has 0 radical (unpaired) electrons. The summed E-state index contributed by atoms with van der Waals surface area (Å²) in [5.41, 5.74) is 1.64. The molecule has 0 saturated carbocycles. The minimum Gasteiger partial charge on any atom is -0.822 e. The molecule has 0 saturated heterocycles. The molecular weight excluding hydrogens is 894 g/mol. The molecule has 0 rings (SSSR count). The Hall–Kier alpha value is -0.0100. The largest absolute Gasteiger partial charge is 0.822 e. The molecule has 0 bridgehead atoms. The van der Waals surface area contributed by atoms with E-state index in [4.69, 9.17) is 19.2 Å². The van der Waals surface area contributed by atoms with Gasteiger partial charge >= 0.3 is 0 Å². The van der Waals surface area contributed by atoms with E-state index in [1.807, 2.05) is 0 Å². The van der Waals surface area contributed by atoms with Gasteiger partial charge in [0.1, 0.15) is 0 Å². The molecule has 7 nitrogen and oxygen atoms in total. The standard InChI is InChI=1S/3C21H46N.H3O4P/c3*1-7-12-17-21(16-11-5,18-13-8-2)22(6,19-14-9-3)20-15-10-4;1-5(2,3)4/h3*7-20H2,1-6H3;(H3,1,2,3,4)/q3*+1;/p-3. The molecular formula is C63H138N3O4P. The van der Waals surface area contributed by atoms with Gasteiger partial charge in [0, 0.05) is 57.8 Å². The van der Waals surface area contributed by atoms with Crippen molar-refractivity contribution in [2.24, 2.45) is 0 Å². The first kappa shape index (κ1) is 77.5. The molecule has 8 heteroatoms. The highest BCUT2D eigenvalue weighted by Gasteiger charge is 2.47. The van der Waals surface area contributed by atoms with E-state index >= 15 is 0 Å². The molecule has 71 heavy (non-hydrogen) atoms. The monoisotopic (exact) mass is 1030 g/mol. The Labute approximate surface area is 450 Å². The third kappa shape index (κ3) is 33.0. The summed E-state index contributed by atoms with van der Waals surface area (Å²) in [5, 5.41) is 0. The molecule has 0 heterocycles. The molecule has 0 N–H and O–H groups in total. The molecule has 0 aliphatic heterocycles. The number of quaternary nitrogens is 3. The second-order valence-corrected chi connectivity index (χ2v) is 24.5. The number of rotatable bonds is 45. The predicted molar refractivity (Wildman–Crippen MR) is 315 cm³/mol. The van der Waals surface area contributed by atoms with Gasteiger partial charge in [-0.15, -0.1) is 0 Å². The summed E-state index contributed by atoms with van der Waals surface area (Å²) < 4.78 is 12.6. The lowest BCUT2D eigenvalue weighted by molar-refractivity contribution is -0.961. The summed E-state index contributed by atoms with van der Waals surface area (Å²) in [5.74, 6) is 0. The Bertz CT molecular complexity index is 980. The van der Waals surface area contributed by atoms with Gasteiger partial charge in [0.2, 0.25) is 0 Å². The van der Waals surface area contributed by atoms with Gasteiger partial charge in [0.15, 0.2) is 0 Å². The van der Waals surface area contributed by atoms with Gasteiger partial charge in [-0.25, -0.2) is 0 Å². The highest BCUT2D eigenvalue weighted by atomic mass is 31.2. The zero-order chi connectivity index (χ0) is 55.2. The third-order valence-electron chi connectivity index (χ3n) is 17.6. The van der Waals surface area contributed by atoms with Gasteiger partial charge in [-0.1, -0.05) is 200 Å². The van der Waals surface area contributed by atoms with Crippen molar-refractivity contribution in [3.63, 3.8) is 0 Å². The zero-order valence-corrected chi connectivity index (χ0v) is 53.5. The lowest BCUT2D eigenvalue weighted by Crippen LogP contribution is -2.63. The summed E-state index contributed by atoms with van der Waals surface area (Å²) in [4.78, 5) is 25.6. The van der Waals surface area contributed by atoms with Crippen LogP contribution in [-0.2, 0) is 4.57 Å². The van der Waals surface area contributed by atoms with Crippen LogP contribution in [0.4, 0.5) is 0 Å². The van der Waals surface area contributed by atoms with Crippen LogP contribution in [0, 0.1) is 0 Å². The fourth-order valence-electron chi connectivity index (χ4n) is 12.8. The van der Waals surface area contributed by atoms with Gasteiger partial charge < -0.3 is 32.7 Å². The van der Waals surface area contributed by atoms with Gasteiger partial charge in [-0.2, -0.15) is 7.82 Å². The second kappa shape index (κ2) is 47.2. The number of hydrogen-bond donors (Lipinski definition) is 0. The first-order chi connectivity index (χ1) is 33.7. The van der Waals surface area contributed by atoms with Crippen molar-refractivity contribution in [3.05, 3.63) is 0 Å². The van der Waals surface area contributed by atoms with Crippen LogP contribution in [0.1, 0.15) is 335 Å². The predicted octanol–water partition coefficient (Wildman–Crippen LogP) is 18.0. The van der Waals surface area contributed by atoms with Crippen molar-refractivity contribution in [2.45, 2.75) is 352 Å². The quantitative estimate of drug-likeness (QED) is 0.0449. The van der Waals surface area contributed by atoms with Crippen LogP contribution in [0.25, 0.3) is 0 Å². The lowest BCUT2D eigenvalue weighted by Gasteiger charge is -2.52. The maximum absolute atomic E-state index is 8.55. The normalized spacial score (nSPS) is 12.7. The molecule has 0 aromatic rings. The molecule has 0 fully saturated rings. The number of hydrogen-bond acceptors (Lipinski definition) is 4. The number of nitrogens with zero attached hydrogens (tertiary/aromatic N) is 3. The highest BCUT2D eigenvalue weighted by molar-refractivity contribution is 7.40. The molecule has 0 aliphatic carbocycles. The van der Waals surface area contributed by atoms with Crippen LogP contribution < -0.4 is 14.7 Å². The van der Waals surface area contributed by atoms with Crippen LogP contribution in [-0.4, -0.2) is 90.5 Å². The average Bonchev–Trinajstić information content (AvgIpc) is 3.34. The van der Waals surface area contributed by atoms with E-state index in [0.29, 0.717) is 16.6 Å². The Morgan fingerprint density at radius 2 is 0.380 bits per heavy atom. The van der Waals surface area contributed by atoms with Crippen LogP contribution in [0.2, 0.25) is 0 Å². The maximum atomic E-state index is 8.55. The van der Waals surface area contributed by atoms with Crippen molar-refractivity contribution >= 4 is 7.82 Å². The molecule has 0 aromatic carbocycles. The highest BCUT2D eigenvalue weighted by Crippen LogP contribution is 2.42. The van der Waals surface area contributed by atoms with Crippen LogP contribution in [0.3, 0.4) is 0 Å². The summed E-state index contributed by atoms with van der Waals surface area (Å²) in [7, 11) is 2.42. The SMILES string of the molecule is CCCCC(CCC)(CCCC)[N+](C)(CCCC)CCCC.CCCCC(CCC)(CCCC)[N+](C)(CCCC)CCCC.CCCCC(CCC)(CCCC)[N+](C)(CCCC)CCCC.O=P([O-])([O-])[O-]. The Balaban J connectivity index is -0.000000451. The molecule has 0 aromatic heterocycles. The van der Waals surface area contributed by atoms with Crippen LogP contribution >= 0.6 is 7.82 Å². The summed E-state index contributed by atoms with van der Waals surface area (Å²) in [6, 6.07) is 0. The van der Waals surface area contributed by atoms with E-state index in [0.717, 1.165) is 0 Å².